The molecule has 5 N–H and O–H groups in total. The summed E-state index contributed by atoms with van der Waals surface area (Å²) in [5.41, 5.74) is -0.731. The van der Waals surface area contributed by atoms with Gasteiger partial charge >= 0.3 is 6.09 Å². The lowest BCUT2D eigenvalue weighted by Gasteiger charge is -2.26. The number of nitrogens with one attached hydrogen (secondary N) is 4. The van der Waals surface area contributed by atoms with Crippen molar-refractivity contribution in [1.82, 2.24) is 21.3 Å². The molecule has 1 fully saturated rings. The quantitative estimate of drug-likeness (QED) is 0.434. The molecular formula is C20H36N4O6. The lowest BCUT2D eigenvalue weighted by Crippen LogP contribution is -2.56. The van der Waals surface area contributed by atoms with Gasteiger partial charge in [0.2, 0.25) is 11.8 Å². The molecule has 10 heteroatoms. The van der Waals surface area contributed by atoms with Gasteiger partial charge in [0.25, 0.3) is 5.91 Å². The highest BCUT2D eigenvalue weighted by Crippen LogP contribution is 2.10. The van der Waals surface area contributed by atoms with Crippen LogP contribution in [0, 0.1) is 5.92 Å². The van der Waals surface area contributed by atoms with E-state index in [9.17, 15) is 24.3 Å². The number of carbonyl (C=O) groups is 4. The van der Waals surface area contributed by atoms with Gasteiger partial charge in [-0.25, -0.2) is 4.79 Å². The van der Waals surface area contributed by atoms with E-state index in [0.717, 1.165) is 0 Å². The predicted molar refractivity (Wildman–Crippen MR) is 110 cm³/mol. The number of alkyl carbamates (subject to hydrolysis) is 1. The van der Waals surface area contributed by atoms with Crippen molar-refractivity contribution in [1.29, 1.82) is 0 Å². The molecule has 0 spiro atoms. The van der Waals surface area contributed by atoms with E-state index in [1.165, 1.54) is 6.92 Å². The highest BCUT2D eigenvalue weighted by molar-refractivity contribution is 5.91. The maximum atomic E-state index is 12.6. The van der Waals surface area contributed by atoms with Gasteiger partial charge in [-0.2, -0.15) is 0 Å². The fraction of sp³-hybridized carbons (Fsp3) is 0.800. The maximum absolute atomic E-state index is 12.6. The Labute approximate surface area is 177 Å². The van der Waals surface area contributed by atoms with Crippen LogP contribution in [0.5, 0.6) is 0 Å². The van der Waals surface area contributed by atoms with Gasteiger partial charge in [-0.15, -0.1) is 0 Å². The van der Waals surface area contributed by atoms with Crippen LogP contribution in [0.4, 0.5) is 4.79 Å². The standard InChI is InChI=1S/C20H36N4O6/c1-11(2)10-14-16(26)21-9-7-8-13(24-19(29)30-20(4,5)6)17(27)22-12(3)15(25)18(28)23-14/h11-15,25H,7-10H2,1-6H3,(H,21,26)(H,22,27)(H,23,28)(H,24,29)/t12-,13-,14-,15?/m0/s1. The van der Waals surface area contributed by atoms with Gasteiger partial charge in [-0.05, 0) is 52.9 Å². The summed E-state index contributed by atoms with van der Waals surface area (Å²) < 4.78 is 5.20. The van der Waals surface area contributed by atoms with Crippen LogP contribution < -0.4 is 21.3 Å². The monoisotopic (exact) mass is 428 g/mol. The highest BCUT2D eigenvalue weighted by atomic mass is 16.6. The zero-order chi connectivity index (χ0) is 23.1. The number of aliphatic hydroxyl groups is 1. The first kappa shape index (κ1) is 25.7. The van der Waals surface area contributed by atoms with Crippen LogP contribution >= 0.6 is 0 Å². The summed E-state index contributed by atoms with van der Waals surface area (Å²) in [6, 6.07) is -2.66. The van der Waals surface area contributed by atoms with Gasteiger partial charge in [-0.3, -0.25) is 14.4 Å². The first-order valence-electron chi connectivity index (χ1n) is 10.4. The van der Waals surface area contributed by atoms with Gasteiger partial charge < -0.3 is 31.1 Å². The molecule has 0 radical (unpaired) electrons. The fourth-order valence-electron chi connectivity index (χ4n) is 2.95. The molecule has 4 amide bonds. The SMILES string of the molecule is CC(C)C[C@@H]1NC(=O)C(O)[C@H](C)NC(=O)[C@@H](NC(=O)OC(C)(C)C)CCCNC1=O. The number of hydrogen-bond acceptors (Lipinski definition) is 6. The number of aliphatic hydroxyl groups excluding tert-OH is 1. The van der Waals surface area contributed by atoms with Gasteiger partial charge in [0.15, 0.2) is 6.10 Å². The molecule has 0 bridgehead atoms. The zero-order valence-corrected chi connectivity index (χ0v) is 18.7. The molecule has 1 heterocycles. The van der Waals surface area contributed by atoms with Crippen molar-refractivity contribution in [2.45, 2.75) is 90.6 Å². The Kier molecular flexibility index (Phi) is 9.54. The Morgan fingerprint density at radius 3 is 2.37 bits per heavy atom. The molecule has 172 valence electrons. The first-order valence-corrected chi connectivity index (χ1v) is 10.4. The van der Waals surface area contributed by atoms with Crippen LogP contribution in [0.15, 0.2) is 0 Å². The molecule has 0 saturated carbocycles. The third-order valence-corrected chi connectivity index (χ3v) is 4.43. The Balaban J connectivity index is 2.97. The second-order valence-corrected chi connectivity index (χ2v) is 9.06. The van der Waals surface area contributed by atoms with E-state index < -0.39 is 47.7 Å². The van der Waals surface area contributed by atoms with Crippen LogP contribution in [0.1, 0.15) is 60.8 Å². The van der Waals surface area contributed by atoms with Crippen LogP contribution in [0.25, 0.3) is 0 Å². The maximum Gasteiger partial charge on any atom is 0.408 e. The van der Waals surface area contributed by atoms with Crippen LogP contribution in [-0.2, 0) is 19.1 Å². The van der Waals surface area contributed by atoms with Gasteiger partial charge in [0, 0.05) is 6.54 Å². The predicted octanol–water partition coefficient (Wildman–Crippen LogP) is 0.186. The Bertz CT molecular complexity index is 631. The molecule has 30 heavy (non-hydrogen) atoms. The summed E-state index contributed by atoms with van der Waals surface area (Å²) in [5.74, 6) is -1.51. The van der Waals surface area contributed by atoms with Gasteiger partial charge in [-0.1, -0.05) is 13.8 Å². The lowest BCUT2D eigenvalue weighted by molar-refractivity contribution is -0.136. The summed E-state index contributed by atoms with van der Waals surface area (Å²) in [6.45, 7) is 10.7. The second-order valence-electron chi connectivity index (χ2n) is 9.06. The van der Waals surface area contributed by atoms with Crippen molar-refractivity contribution in [2.24, 2.45) is 5.92 Å². The molecule has 4 atom stereocenters. The van der Waals surface area contributed by atoms with Crippen molar-refractivity contribution in [3.63, 3.8) is 0 Å². The fourth-order valence-corrected chi connectivity index (χ4v) is 2.95. The molecule has 1 aliphatic heterocycles. The Morgan fingerprint density at radius 2 is 1.80 bits per heavy atom. The van der Waals surface area contributed by atoms with E-state index in [4.69, 9.17) is 4.74 Å². The molecule has 0 aliphatic carbocycles. The Morgan fingerprint density at radius 1 is 1.17 bits per heavy atom. The van der Waals surface area contributed by atoms with Gasteiger partial charge in [0.05, 0.1) is 6.04 Å². The average molecular weight is 429 g/mol. The van der Waals surface area contributed by atoms with Crippen LogP contribution in [0.2, 0.25) is 0 Å². The molecule has 0 aromatic rings. The number of hydrogen-bond donors (Lipinski definition) is 5. The molecule has 1 aliphatic rings. The normalized spacial score (nSPS) is 27.0. The van der Waals surface area contributed by atoms with Crippen molar-refractivity contribution in [3.05, 3.63) is 0 Å². The number of ether oxygens (including phenoxy) is 1. The van der Waals surface area contributed by atoms with E-state index in [1.807, 2.05) is 13.8 Å². The van der Waals surface area contributed by atoms with E-state index >= 15 is 0 Å². The minimum absolute atomic E-state index is 0.147. The van der Waals surface area contributed by atoms with E-state index in [1.54, 1.807) is 20.8 Å². The zero-order valence-electron chi connectivity index (χ0n) is 18.7. The summed E-state index contributed by atoms with van der Waals surface area (Å²) in [4.78, 5) is 49.6. The van der Waals surface area contributed by atoms with Gasteiger partial charge in [0.1, 0.15) is 17.7 Å². The average Bonchev–Trinajstić information content (AvgIpc) is 2.60. The molecule has 1 saturated heterocycles. The second kappa shape index (κ2) is 11.1. The molecule has 10 nitrogen and oxygen atoms in total. The molecular weight excluding hydrogens is 392 g/mol. The minimum Gasteiger partial charge on any atom is -0.444 e. The third-order valence-electron chi connectivity index (χ3n) is 4.43. The minimum atomic E-state index is -1.56. The largest absolute Gasteiger partial charge is 0.444 e. The van der Waals surface area contributed by atoms with Crippen LogP contribution in [-0.4, -0.2) is 65.3 Å². The summed E-state index contributed by atoms with van der Waals surface area (Å²) in [5, 5.41) is 20.7. The summed E-state index contributed by atoms with van der Waals surface area (Å²) in [6.07, 6.45) is -1.24. The Hall–Kier alpha value is -2.36. The third kappa shape index (κ3) is 8.98. The number of rotatable bonds is 3. The smallest absolute Gasteiger partial charge is 0.408 e. The van der Waals surface area contributed by atoms with E-state index in [0.29, 0.717) is 12.8 Å². The van der Waals surface area contributed by atoms with E-state index in [-0.39, 0.29) is 24.8 Å². The molecule has 0 aromatic heterocycles. The van der Waals surface area contributed by atoms with Crippen LogP contribution in [0.3, 0.4) is 0 Å². The summed E-state index contributed by atoms with van der Waals surface area (Å²) in [7, 11) is 0. The topological polar surface area (TPSA) is 146 Å². The van der Waals surface area contributed by atoms with Crippen molar-refractivity contribution >= 4 is 23.8 Å². The summed E-state index contributed by atoms with van der Waals surface area (Å²) >= 11 is 0. The highest BCUT2D eigenvalue weighted by Gasteiger charge is 2.32. The van der Waals surface area contributed by atoms with Crippen molar-refractivity contribution < 1.29 is 29.0 Å². The lowest BCUT2D eigenvalue weighted by atomic mass is 10.0. The van der Waals surface area contributed by atoms with E-state index in [2.05, 4.69) is 21.3 Å². The number of amides is 4. The molecule has 1 unspecified atom stereocenters. The molecule has 1 rings (SSSR count). The van der Waals surface area contributed by atoms with Crippen molar-refractivity contribution in [3.8, 4) is 0 Å². The first-order chi connectivity index (χ1) is 13.8. The molecule has 0 aromatic carbocycles. The van der Waals surface area contributed by atoms with Crippen molar-refractivity contribution in [2.75, 3.05) is 6.54 Å². The number of carbonyl (C=O) groups excluding carboxylic acids is 4.